The topological polar surface area (TPSA) is 45.7 Å². The van der Waals surface area contributed by atoms with E-state index in [1.165, 1.54) is 0 Å². The van der Waals surface area contributed by atoms with Gasteiger partial charge in [-0.15, -0.1) is 0 Å². The van der Waals surface area contributed by atoms with Crippen LogP contribution in [-0.2, 0) is 4.74 Å². The van der Waals surface area contributed by atoms with E-state index in [4.69, 9.17) is 4.74 Å². The maximum absolute atomic E-state index is 5.34. The molecule has 98 valence electrons. The van der Waals surface area contributed by atoms with Crippen LogP contribution in [0.1, 0.15) is 19.8 Å². The van der Waals surface area contributed by atoms with E-state index >= 15 is 0 Å². The maximum Gasteiger partial charge on any atom is 0.191 e. The first-order valence-electron chi connectivity index (χ1n) is 6.15. The standard InChI is InChI=1S/C12H22BrN3O/c1-3-14-12(15-8-10(2)13)16-9-11-4-6-17-7-5-11/h11H,2-9H2,1H3,(H2,14,15,16). The Balaban J connectivity index is 2.32. The van der Waals surface area contributed by atoms with E-state index in [1.54, 1.807) is 0 Å². The molecule has 0 aromatic rings. The molecule has 0 amide bonds. The number of rotatable bonds is 5. The number of halogens is 1. The fourth-order valence-corrected chi connectivity index (χ4v) is 1.82. The van der Waals surface area contributed by atoms with Gasteiger partial charge in [0.05, 0.1) is 6.54 Å². The molecule has 1 rings (SSSR count). The Morgan fingerprint density at radius 2 is 2.12 bits per heavy atom. The molecule has 0 aromatic heterocycles. The van der Waals surface area contributed by atoms with Crippen molar-refractivity contribution in [3.05, 3.63) is 11.1 Å². The summed E-state index contributed by atoms with van der Waals surface area (Å²) in [5.74, 6) is 1.55. The lowest BCUT2D eigenvalue weighted by molar-refractivity contribution is 0.0675. The van der Waals surface area contributed by atoms with E-state index in [9.17, 15) is 0 Å². The van der Waals surface area contributed by atoms with Gasteiger partial charge in [0.1, 0.15) is 0 Å². The molecule has 2 N–H and O–H groups in total. The number of hydrogen-bond donors (Lipinski definition) is 2. The highest BCUT2D eigenvalue weighted by atomic mass is 79.9. The first kappa shape index (κ1) is 14.5. The zero-order valence-corrected chi connectivity index (χ0v) is 12.1. The number of nitrogens with zero attached hydrogens (tertiary/aromatic N) is 1. The average Bonchev–Trinajstić information content (AvgIpc) is 2.34. The Bertz CT molecular complexity index is 262. The van der Waals surface area contributed by atoms with Crippen LogP contribution in [0.2, 0.25) is 0 Å². The van der Waals surface area contributed by atoms with Crippen molar-refractivity contribution in [1.29, 1.82) is 0 Å². The van der Waals surface area contributed by atoms with Crippen LogP contribution in [0.4, 0.5) is 0 Å². The van der Waals surface area contributed by atoms with Gasteiger partial charge in [-0.05, 0) is 25.7 Å². The van der Waals surface area contributed by atoms with E-state index in [1.807, 2.05) is 0 Å². The highest BCUT2D eigenvalue weighted by Gasteiger charge is 2.13. The summed E-state index contributed by atoms with van der Waals surface area (Å²) in [4.78, 5) is 4.41. The Morgan fingerprint density at radius 1 is 1.41 bits per heavy atom. The lowest BCUT2D eigenvalue weighted by atomic mass is 10.0. The van der Waals surface area contributed by atoms with Crippen molar-refractivity contribution < 1.29 is 4.74 Å². The number of ether oxygens (including phenoxy) is 1. The third-order valence-electron chi connectivity index (χ3n) is 2.65. The summed E-state index contributed by atoms with van der Waals surface area (Å²) in [6, 6.07) is 0. The molecular formula is C12H22BrN3O. The summed E-state index contributed by atoms with van der Waals surface area (Å²) < 4.78 is 6.23. The van der Waals surface area contributed by atoms with Gasteiger partial charge in [-0.1, -0.05) is 22.5 Å². The SMILES string of the molecule is C=C(Br)CN=C(NCC)NCC1CCOCC1. The Morgan fingerprint density at radius 3 is 2.71 bits per heavy atom. The minimum atomic E-state index is 0.600. The predicted molar refractivity (Wildman–Crippen MR) is 75.6 cm³/mol. The molecule has 1 aliphatic rings. The molecule has 0 atom stereocenters. The van der Waals surface area contributed by atoms with Gasteiger partial charge >= 0.3 is 0 Å². The first-order valence-corrected chi connectivity index (χ1v) is 6.95. The Kier molecular flexibility index (Phi) is 7.28. The van der Waals surface area contributed by atoms with E-state index in [-0.39, 0.29) is 0 Å². The largest absolute Gasteiger partial charge is 0.381 e. The first-order chi connectivity index (χ1) is 8.22. The molecule has 0 aromatic carbocycles. The molecule has 0 saturated carbocycles. The van der Waals surface area contributed by atoms with Crippen LogP contribution < -0.4 is 10.6 Å². The number of nitrogens with one attached hydrogen (secondary N) is 2. The second kappa shape index (κ2) is 8.53. The van der Waals surface area contributed by atoms with Gasteiger partial charge in [-0.2, -0.15) is 0 Å². The minimum absolute atomic E-state index is 0.600. The van der Waals surface area contributed by atoms with Crippen LogP contribution in [0.5, 0.6) is 0 Å². The molecular weight excluding hydrogens is 282 g/mol. The summed E-state index contributed by atoms with van der Waals surface area (Å²) in [6.07, 6.45) is 2.27. The molecule has 0 radical (unpaired) electrons. The van der Waals surface area contributed by atoms with E-state index < -0.39 is 0 Å². The van der Waals surface area contributed by atoms with Gasteiger partial charge in [-0.3, -0.25) is 0 Å². The molecule has 1 saturated heterocycles. The van der Waals surface area contributed by atoms with Crippen LogP contribution in [-0.4, -0.2) is 38.8 Å². The summed E-state index contributed by atoms with van der Waals surface area (Å²) in [6.45, 7) is 10.0. The highest BCUT2D eigenvalue weighted by Crippen LogP contribution is 2.13. The fourth-order valence-electron chi connectivity index (χ4n) is 1.70. The average molecular weight is 304 g/mol. The van der Waals surface area contributed by atoms with Crippen molar-refractivity contribution in [3.8, 4) is 0 Å². The Hall–Kier alpha value is -0.550. The van der Waals surface area contributed by atoms with Crippen LogP contribution in [0.3, 0.4) is 0 Å². The maximum atomic E-state index is 5.34. The highest BCUT2D eigenvalue weighted by molar-refractivity contribution is 9.11. The van der Waals surface area contributed by atoms with Crippen LogP contribution in [0, 0.1) is 5.92 Å². The zero-order chi connectivity index (χ0) is 12.5. The number of guanidine groups is 1. The van der Waals surface area contributed by atoms with E-state index in [0.29, 0.717) is 12.5 Å². The van der Waals surface area contributed by atoms with Crippen LogP contribution in [0.15, 0.2) is 16.1 Å². The quantitative estimate of drug-likeness (QED) is 0.602. The molecule has 0 unspecified atom stereocenters. The predicted octanol–water partition coefficient (Wildman–Crippen LogP) is 1.88. The zero-order valence-electron chi connectivity index (χ0n) is 10.5. The molecule has 4 nitrogen and oxygen atoms in total. The molecule has 1 heterocycles. The van der Waals surface area contributed by atoms with Crippen LogP contribution >= 0.6 is 15.9 Å². The lowest BCUT2D eigenvalue weighted by Crippen LogP contribution is -2.40. The monoisotopic (exact) mass is 303 g/mol. The van der Waals surface area contributed by atoms with Gasteiger partial charge in [0, 0.05) is 30.8 Å². The van der Waals surface area contributed by atoms with Crippen LogP contribution in [0.25, 0.3) is 0 Å². The van der Waals surface area contributed by atoms with E-state index in [0.717, 1.165) is 49.6 Å². The third kappa shape index (κ3) is 6.68. The van der Waals surface area contributed by atoms with E-state index in [2.05, 4.69) is 45.1 Å². The van der Waals surface area contributed by atoms with Gasteiger partial charge < -0.3 is 15.4 Å². The summed E-state index contributed by atoms with van der Waals surface area (Å²) in [7, 11) is 0. The second-order valence-corrected chi connectivity index (χ2v) is 5.27. The molecule has 1 fully saturated rings. The smallest absolute Gasteiger partial charge is 0.191 e. The summed E-state index contributed by atoms with van der Waals surface area (Å²) in [5, 5.41) is 6.59. The Labute approximate surface area is 112 Å². The van der Waals surface area contributed by atoms with Gasteiger partial charge in [-0.25, -0.2) is 4.99 Å². The van der Waals surface area contributed by atoms with Crippen molar-refractivity contribution in [2.75, 3.05) is 32.8 Å². The van der Waals surface area contributed by atoms with Crippen molar-refractivity contribution in [3.63, 3.8) is 0 Å². The molecule has 1 aliphatic heterocycles. The van der Waals surface area contributed by atoms with Gasteiger partial charge in [0.15, 0.2) is 5.96 Å². The molecule has 0 spiro atoms. The van der Waals surface area contributed by atoms with Crippen molar-refractivity contribution >= 4 is 21.9 Å². The summed E-state index contributed by atoms with van der Waals surface area (Å²) in [5.41, 5.74) is 0. The normalized spacial score (nSPS) is 17.9. The van der Waals surface area contributed by atoms with Crippen molar-refractivity contribution in [2.24, 2.45) is 10.9 Å². The lowest BCUT2D eigenvalue weighted by Gasteiger charge is -2.23. The van der Waals surface area contributed by atoms with Gasteiger partial charge in [0.25, 0.3) is 0 Å². The molecule has 5 heteroatoms. The molecule has 17 heavy (non-hydrogen) atoms. The minimum Gasteiger partial charge on any atom is -0.381 e. The summed E-state index contributed by atoms with van der Waals surface area (Å²) >= 11 is 3.31. The second-order valence-electron chi connectivity index (χ2n) is 4.15. The molecule has 0 aliphatic carbocycles. The molecule has 0 bridgehead atoms. The van der Waals surface area contributed by atoms with Crippen molar-refractivity contribution in [2.45, 2.75) is 19.8 Å². The van der Waals surface area contributed by atoms with Crippen molar-refractivity contribution in [1.82, 2.24) is 10.6 Å². The third-order valence-corrected chi connectivity index (χ3v) is 2.90. The number of aliphatic imine (C=N–C) groups is 1. The van der Waals surface area contributed by atoms with Gasteiger partial charge in [0.2, 0.25) is 0 Å². The fraction of sp³-hybridized carbons (Fsp3) is 0.750. The number of hydrogen-bond acceptors (Lipinski definition) is 2.